The lowest BCUT2D eigenvalue weighted by Crippen LogP contribution is -2.49. The molecule has 0 saturated carbocycles. The fraction of sp³-hybridized carbons (Fsp3) is 0.500. The molecule has 9 heteroatoms. The van der Waals surface area contributed by atoms with Crippen LogP contribution >= 0.6 is 0 Å². The number of carbonyl (C=O) groups is 3. The molecule has 0 bridgehead atoms. The van der Waals surface area contributed by atoms with Crippen molar-refractivity contribution in [1.82, 2.24) is 14.5 Å². The number of hydrogen-bond donors (Lipinski definition) is 3. The van der Waals surface area contributed by atoms with Crippen molar-refractivity contribution < 1.29 is 24.6 Å². The number of aliphatic carboxylic acids is 2. The monoisotopic (exact) mass is 484 g/mol. The highest BCUT2D eigenvalue weighted by Gasteiger charge is 2.38. The van der Waals surface area contributed by atoms with Crippen LogP contribution in [0.1, 0.15) is 57.6 Å². The van der Waals surface area contributed by atoms with Crippen molar-refractivity contribution >= 4 is 28.9 Å². The molecule has 1 aromatic heterocycles. The number of likely N-dealkylation sites (tertiary alicyclic amines) is 1. The van der Waals surface area contributed by atoms with Crippen molar-refractivity contribution in [3.8, 4) is 0 Å². The van der Waals surface area contributed by atoms with Crippen molar-refractivity contribution in [1.29, 1.82) is 0 Å². The van der Waals surface area contributed by atoms with Gasteiger partial charge in [0, 0.05) is 54.8 Å². The number of piperidine rings is 1. The van der Waals surface area contributed by atoms with E-state index in [1.54, 1.807) is 0 Å². The van der Waals surface area contributed by atoms with E-state index in [1.165, 1.54) is 35.9 Å². The lowest BCUT2D eigenvalue weighted by molar-refractivity contribution is -0.134. The molecule has 0 spiro atoms. The molecule has 2 amide bonds. The van der Waals surface area contributed by atoms with E-state index in [-0.39, 0.29) is 6.03 Å². The number of carboxylic acids is 2. The summed E-state index contributed by atoms with van der Waals surface area (Å²) in [5.41, 5.74) is 7.07. The number of benzene rings is 1. The lowest BCUT2D eigenvalue weighted by atomic mass is 9.74. The second kappa shape index (κ2) is 11.4. The molecule has 0 radical (unpaired) electrons. The standard InChI is InChI=1S/C22H32N4O.C4H4O4/c1-5-24(6-2)22(27)23-26-14-16-13-20-17(10-8-12-25(20)15(3)4)18-9-7-11-19(26)21(16)18;5-3(6)1-2-4(7)8/h7,9,11,14-15,17,20H,5-6,8,10,12-13H2,1-4H3,(H,23,27);1-2H,(H,5,6)(H,7,8)/b;2-1-/t17-,20-;/m1./s1. The summed E-state index contributed by atoms with van der Waals surface area (Å²) in [7, 11) is 0. The number of rotatable bonds is 6. The van der Waals surface area contributed by atoms with Gasteiger partial charge in [-0.15, -0.1) is 0 Å². The summed E-state index contributed by atoms with van der Waals surface area (Å²) in [6.45, 7) is 11.3. The van der Waals surface area contributed by atoms with Gasteiger partial charge in [-0.2, -0.15) is 0 Å². The summed E-state index contributed by atoms with van der Waals surface area (Å²) in [5, 5.41) is 17.0. The van der Waals surface area contributed by atoms with Gasteiger partial charge in [-0.25, -0.2) is 19.8 Å². The van der Waals surface area contributed by atoms with Crippen molar-refractivity contribution in [2.75, 3.05) is 25.1 Å². The second-order valence-electron chi connectivity index (χ2n) is 9.22. The molecule has 2 aliphatic rings. The number of urea groups is 1. The number of aromatic nitrogens is 1. The van der Waals surface area contributed by atoms with E-state index in [1.807, 2.05) is 23.4 Å². The molecule has 1 aliphatic carbocycles. The van der Waals surface area contributed by atoms with E-state index < -0.39 is 11.9 Å². The Bertz CT molecular complexity index is 1090. The van der Waals surface area contributed by atoms with Crippen LogP contribution in [0.5, 0.6) is 0 Å². The van der Waals surface area contributed by atoms with Gasteiger partial charge >= 0.3 is 18.0 Å². The van der Waals surface area contributed by atoms with Gasteiger partial charge in [0.05, 0.1) is 5.52 Å². The Labute approximate surface area is 206 Å². The number of nitrogens with zero attached hydrogens (tertiary/aromatic N) is 3. The zero-order valence-corrected chi connectivity index (χ0v) is 20.9. The Hall–Kier alpha value is -3.33. The summed E-state index contributed by atoms with van der Waals surface area (Å²) in [6.07, 6.45) is 6.88. The van der Waals surface area contributed by atoms with Crippen LogP contribution in [0.15, 0.2) is 36.5 Å². The third kappa shape index (κ3) is 5.85. The number of fused-ring (bicyclic) bond motifs is 2. The molecule has 2 heterocycles. The molecule has 1 aliphatic heterocycles. The molecule has 4 rings (SSSR count). The molecule has 1 saturated heterocycles. The second-order valence-corrected chi connectivity index (χ2v) is 9.22. The first kappa shape index (κ1) is 26.3. The highest BCUT2D eigenvalue weighted by molar-refractivity contribution is 5.92. The first-order valence-corrected chi connectivity index (χ1v) is 12.3. The zero-order valence-electron chi connectivity index (χ0n) is 20.9. The number of nitrogens with one attached hydrogen (secondary N) is 1. The zero-order chi connectivity index (χ0) is 25.7. The average molecular weight is 485 g/mol. The van der Waals surface area contributed by atoms with Gasteiger partial charge in [-0.1, -0.05) is 12.1 Å². The maximum atomic E-state index is 12.6. The Morgan fingerprint density at radius 3 is 2.37 bits per heavy atom. The predicted molar refractivity (Wildman–Crippen MR) is 135 cm³/mol. The lowest BCUT2D eigenvalue weighted by Gasteiger charge is -2.46. The quantitative estimate of drug-likeness (QED) is 0.536. The number of hydrogen-bond acceptors (Lipinski definition) is 4. The van der Waals surface area contributed by atoms with Crippen molar-refractivity contribution in [3.63, 3.8) is 0 Å². The molecule has 1 fully saturated rings. The largest absolute Gasteiger partial charge is 0.478 e. The molecule has 35 heavy (non-hydrogen) atoms. The van der Waals surface area contributed by atoms with Crippen LogP contribution in [0, 0.1) is 0 Å². The summed E-state index contributed by atoms with van der Waals surface area (Å²) in [5.74, 6) is -1.91. The molecule has 9 nitrogen and oxygen atoms in total. The highest BCUT2D eigenvalue weighted by Crippen LogP contribution is 2.44. The van der Waals surface area contributed by atoms with Gasteiger partial charge in [-0.3, -0.25) is 9.58 Å². The summed E-state index contributed by atoms with van der Waals surface area (Å²) in [6, 6.07) is 7.71. The fourth-order valence-corrected chi connectivity index (χ4v) is 5.35. The van der Waals surface area contributed by atoms with Crippen molar-refractivity contribution in [3.05, 3.63) is 47.7 Å². The molecule has 3 N–H and O–H groups in total. The number of carboxylic acid groups (broad SMARTS) is 2. The molecule has 0 unspecified atom stereocenters. The third-order valence-electron chi connectivity index (χ3n) is 6.89. The topological polar surface area (TPSA) is 115 Å². The molecule has 2 aromatic rings. The summed E-state index contributed by atoms with van der Waals surface area (Å²) < 4.78 is 1.95. The van der Waals surface area contributed by atoms with E-state index in [0.29, 0.717) is 43.2 Å². The molecular weight excluding hydrogens is 448 g/mol. The first-order valence-electron chi connectivity index (χ1n) is 12.3. The minimum absolute atomic E-state index is 0.0330. The number of carbonyl (C=O) groups excluding carboxylic acids is 1. The van der Waals surface area contributed by atoms with Crippen LogP contribution in [0.25, 0.3) is 10.9 Å². The smallest absolute Gasteiger partial charge is 0.336 e. The van der Waals surface area contributed by atoms with Gasteiger partial charge in [-0.05, 0) is 70.7 Å². The van der Waals surface area contributed by atoms with E-state index in [4.69, 9.17) is 10.2 Å². The minimum Gasteiger partial charge on any atom is -0.478 e. The van der Waals surface area contributed by atoms with E-state index in [2.05, 4.69) is 48.6 Å². The Kier molecular flexibility index (Phi) is 8.56. The molecule has 1 aromatic carbocycles. The van der Waals surface area contributed by atoms with Crippen LogP contribution in [0.3, 0.4) is 0 Å². The van der Waals surface area contributed by atoms with Gasteiger partial charge in [0.15, 0.2) is 0 Å². The van der Waals surface area contributed by atoms with Crippen LogP contribution in [0.2, 0.25) is 0 Å². The maximum Gasteiger partial charge on any atom is 0.336 e. The van der Waals surface area contributed by atoms with Crippen molar-refractivity contribution in [2.45, 2.75) is 65.0 Å². The third-order valence-corrected chi connectivity index (χ3v) is 6.89. The Morgan fingerprint density at radius 2 is 1.80 bits per heavy atom. The van der Waals surface area contributed by atoms with Gasteiger partial charge in [0.1, 0.15) is 0 Å². The van der Waals surface area contributed by atoms with Gasteiger partial charge in [0.2, 0.25) is 0 Å². The van der Waals surface area contributed by atoms with Crippen LogP contribution in [0.4, 0.5) is 4.79 Å². The van der Waals surface area contributed by atoms with E-state index >= 15 is 0 Å². The van der Waals surface area contributed by atoms with E-state index in [0.717, 1.165) is 11.9 Å². The van der Waals surface area contributed by atoms with Crippen LogP contribution in [-0.4, -0.2) is 74.4 Å². The van der Waals surface area contributed by atoms with Gasteiger partial charge in [0.25, 0.3) is 0 Å². The van der Waals surface area contributed by atoms with Crippen LogP contribution < -0.4 is 5.43 Å². The fourth-order valence-electron chi connectivity index (χ4n) is 5.35. The van der Waals surface area contributed by atoms with Crippen LogP contribution in [-0.2, 0) is 16.0 Å². The summed E-state index contributed by atoms with van der Waals surface area (Å²) >= 11 is 0. The average Bonchev–Trinajstić information content (AvgIpc) is 3.16. The highest BCUT2D eigenvalue weighted by atomic mass is 16.4. The maximum absolute atomic E-state index is 12.6. The molecule has 2 atom stereocenters. The minimum atomic E-state index is -1.26. The Balaban J connectivity index is 0.000000371. The normalized spacial score (nSPS) is 19.2. The van der Waals surface area contributed by atoms with Crippen molar-refractivity contribution in [2.24, 2.45) is 0 Å². The predicted octanol–water partition coefficient (Wildman–Crippen LogP) is 3.87. The van der Waals surface area contributed by atoms with Gasteiger partial charge < -0.3 is 15.1 Å². The first-order chi connectivity index (χ1) is 16.7. The number of amides is 2. The molecular formula is C26H36N4O5. The molecule has 190 valence electrons. The summed E-state index contributed by atoms with van der Waals surface area (Å²) in [4.78, 5) is 36.2. The Morgan fingerprint density at radius 1 is 1.14 bits per heavy atom. The van der Waals surface area contributed by atoms with E-state index in [9.17, 15) is 14.4 Å². The SMILES string of the molecule is CCN(CC)C(=O)Nn1cc2c3c(cccc31)[C@H]1CCCN(C(C)C)[C@@H]1C2.O=C(O)/C=C\C(=O)O.